The number of nitrogens with two attached hydrogens (primary N) is 1. The summed E-state index contributed by atoms with van der Waals surface area (Å²) in [4.78, 5) is 46.9. The lowest BCUT2D eigenvalue weighted by Crippen LogP contribution is -2.71. The minimum absolute atomic E-state index is 0.00616. The van der Waals surface area contributed by atoms with Crippen molar-refractivity contribution in [2.45, 2.75) is 11.4 Å². The maximum Gasteiger partial charge on any atom is 0.352 e. The van der Waals surface area contributed by atoms with Crippen LogP contribution in [0.15, 0.2) is 21.8 Å². The summed E-state index contributed by atoms with van der Waals surface area (Å²) in [5.74, 6) is -1.27. The number of oxime groups is 1. The van der Waals surface area contributed by atoms with Gasteiger partial charge >= 0.3 is 5.97 Å². The first-order valence-corrected chi connectivity index (χ1v) is 11.2. The number of carbonyl (C=O) groups excluding carboxylic acids is 2. The first-order valence-electron chi connectivity index (χ1n) is 7.91. The van der Waals surface area contributed by atoms with Crippen molar-refractivity contribution in [3.8, 4) is 0 Å². The predicted octanol–water partition coefficient (Wildman–Crippen LogP) is 0.177. The van der Waals surface area contributed by atoms with Crippen LogP contribution in [0.1, 0.15) is 5.69 Å². The van der Waals surface area contributed by atoms with E-state index >= 15 is 0 Å². The van der Waals surface area contributed by atoms with E-state index in [9.17, 15) is 19.5 Å². The maximum atomic E-state index is 12.6. The number of thiazole rings is 1. The zero-order valence-corrected chi connectivity index (χ0v) is 17.3. The summed E-state index contributed by atoms with van der Waals surface area (Å²) in [6.07, 6.45) is 1.87. The number of nitrogens with one attached hydrogen (secondary N) is 1. The molecule has 0 radical (unpaired) electrons. The van der Waals surface area contributed by atoms with E-state index < -0.39 is 29.2 Å². The van der Waals surface area contributed by atoms with Gasteiger partial charge < -0.3 is 21.0 Å². The molecular formula is C15H17N5O5S3. The topological polar surface area (TPSA) is 147 Å². The smallest absolute Gasteiger partial charge is 0.352 e. The molecule has 28 heavy (non-hydrogen) atoms. The number of rotatable bonds is 7. The molecule has 2 aliphatic rings. The minimum atomic E-state index is -1.15. The molecule has 4 N–H and O–H groups in total. The van der Waals surface area contributed by atoms with Gasteiger partial charge in [0.1, 0.15) is 29.9 Å². The molecule has 2 atom stereocenters. The van der Waals surface area contributed by atoms with Gasteiger partial charge in [0.15, 0.2) is 10.8 Å². The van der Waals surface area contributed by atoms with Gasteiger partial charge in [-0.05, 0) is 11.8 Å². The van der Waals surface area contributed by atoms with Gasteiger partial charge in [-0.1, -0.05) is 5.16 Å². The Morgan fingerprint density at radius 2 is 2.32 bits per heavy atom. The summed E-state index contributed by atoms with van der Waals surface area (Å²) < 4.78 is 0. The lowest BCUT2D eigenvalue weighted by atomic mass is 10.0. The van der Waals surface area contributed by atoms with Crippen LogP contribution < -0.4 is 11.1 Å². The van der Waals surface area contributed by atoms with E-state index in [0.29, 0.717) is 17.1 Å². The van der Waals surface area contributed by atoms with Crippen LogP contribution in [-0.4, -0.2) is 74.8 Å². The number of nitrogen functional groups attached to an aromatic ring is 1. The number of hydrogen-bond donors (Lipinski definition) is 3. The van der Waals surface area contributed by atoms with Gasteiger partial charge in [-0.25, -0.2) is 9.78 Å². The van der Waals surface area contributed by atoms with E-state index in [0.717, 1.165) is 11.3 Å². The number of carboxylic acid groups (broad SMARTS) is 1. The highest BCUT2D eigenvalue weighted by atomic mass is 32.2. The van der Waals surface area contributed by atoms with Crippen molar-refractivity contribution >= 4 is 63.5 Å². The fourth-order valence-corrected chi connectivity index (χ4v) is 5.48. The summed E-state index contributed by atoms with van der Waals surface area (Å²) in [5.41, 5.74) is 6.42. The molecule has 1 aromatic rings. The van der Waals surface area contributed by atoms with E-state index in [4.69, 9.17) is 10.6 Å². The first-order chi connectivity index (χ1) is 13.4. The van der Waals surface area contributed by atoms with Crippen LogP contribution in [0.2, 0.25) is 0 Å². The lowest BCUT2D eigenvalue weighted by Gasteiger charge is -2.49. The van der Waals surface area contributed by atoms with Crippen molar-refractivity contribution in [1.82, 2.24) is 15.2 Å². The molecule has 150 valence electrons. The molecule has 1 aromatic heterocycles. The lowest BCUT2D eigenvalue weighted by molar-refractivity contribution is -0.150. The van der Waals surface area contributed by atoms with Crippen molar-refractivity contribution in [2.24, 2.45) is 5.16 Å². The van der Waals surface area contributed by atoms with Gasteiger partial charge in [0.2, 0.25) is 0 Å². The zero-order chi connectivity index (χ0) is 20.4. The molecule has 0 aromatic carbocycles. The van der Waals surface area contributed by atoms with E-state index in [1.54, 1.807) is 5.38 Å². The van der Waals surface area contributed by atoms with Crippen LogP contribution >= 0.6 is 34.9 Å². The normalized spacial score (nSPS) is 21.9. The standard InChI is InChI=1S/C15H17N5O5S3/c1-25-19-8(7-5-28-15(16)17-7)11(21)18-9-12(22)20-10(14(23)24)6(3-26-2)4-27-13(9)20/h5,9,13H,3-4H2,1-2H3,(H2,16,17)(H,18,21)(H,23,24)/b19-8+/t9-,13-/m1/s1. The minimum Gasteiger partial charge on any atom is -0.477 e. The van der Waals surface area contributed by atoms with Crippen LogP contribution in [0.25, 0.3) is 0 Å². The molecule has 2 amide bonds. The van der Waals surface area contributed by atoms with Gasteiger partial charge in [-0.3, -0.25) is 14.5 Å². The van der Waals surface area contributed by atoms with Crippen molar-refractivity contribution in [1.29, 1.82) is 0 Å². The number of aromatic nitrogens is 1. The van der Waals surface area contributed by atoms with E-state index in [2.05, 4.69) is 15.5 Å². The van der Waals surface area contributed by atoms with Gasteiger partial charge in [0.25, 0.3) is 11.8 Å². The second-order valence-electron chi connectivity index (χ2n) is 5.74. The van der Waals surface area contributed by atoms with Crippen molar-refractivity contribution in [3.63, 3.8) is 0 Å². The van der Waals surface area contributed by atoms with Crippen LogP contribution in [0.3, 0.4) is 0 Å². The quantitative estimate of drug-likeness (QED) is 0.305. The molecule has 3 heterocycles. The summed E-state index contributed by atoms with van der Waals surface area (Å²) >= 11 is 4.04. The molecule has 1 saturated heterocycles. The largest absolute Gasteiger partial charge is 0.477 e. The molecule has 0 spiro atoms. The molecule has 1 fully saturated rings. The zero-order valence-electron chi connectivity index (χ0n) is 14.9. The Morgan fingerprint density at radius 1 is 1.57 bits per heavy atom. The Morgan fingerprint density at radius 3 is 2.89 bits per heavy atom. The van der Waals surface area contributed by atoms with Crippen LogP contribution in [-0.2, 0) is 19.2 Å². The monoisotopic (exact) mass is 443 g/mol. The first kappa shape index (κ1) is 20.5. The van der Waals surface area contributed by atoms with Gasteiger partial charge in [-0.2, -0.15) is 11.8 Å². The molecule has 3 rings (SSSR count). The molecule has 10 nitrogen and oxygen atoms in total. The molecule has 2 aliphatic heterocycles. The highest BCUT2D eigenvalue weighted by Crippen LogP contribution is 2.40. The van der Waals surface area contributed by atoms with Gasteiger partial charge in [-0.15, -0.1) is 23.1 Å². The van der Waals surface area contributed by atoms with Crippen LogP contribution in [0.5, 0.6) is 0 Å². The second kappa shape index (κ2) is 8.41. The number of nitrogens with zero attached hydrogens (tertiary/aromatic N) is 3. The number of β-lactam (4-membered cyclic amide) rings is 1. The molecule has 0 unspecified atom stereocenters. The van der Waals surface area contributed by atoms with E-state index in [1.807, 2.05) is 6.26 Å². The van der Waals surface area contributed by atoms with Crippen molar-refractivity contribution < 1.29 is 24.3 Å². The summed E-state index contributed by atoms with van der Waals surface area (Å²) in [7, 11) is 1.29. The van der Waals surface area contributed by atoms with Gasteiger partial charge in [0, 0.05) is 16.9 Å². The maximum absolute atomic E-state index is 12.6. The number of anilines is 1. The van der Waals surface area contributed by atoms with Crippen LogP contribution in [0, 0.1) is 0 Å². The summed E-state index contributed by atoms with van der Waals surface area (Å²) in [6, 6.07) is -0.860. The Hall–Kier alpha value is -2.25. The molecule has 0 bridgehead atoms. The number of aliphatic carboxylic acids is 1. The van der Waals surface area contributed by atoms with E-state index in [1.165, 1.54) is 35.5 Å². The number of amides is 2. The molecule has 0 saturated carbocycles. The second-order valence-corrected chi connectivity index (χ2v) is 8.61. The van der Waals surface area contributed by atoms with E-state index in [-0.39, 0.29) is 22.2 Å². The number of carbonyl (C=O) groups is 3. The number of fused-ring (bicyclic) bond motifs is 1. The third-order valence-corrected chi connectivity index (χ3v) is 6.67. The average molecular weight is 444 g/mol. The summed E-state index contributed by atoms with van der Waals surface area (Å²) in [5, 5.41) is 17.2. The number of hydrogen-bond acceptors (Lipinski definition) is 10. The molecule has 13 heteroatoms. The van der Waals surface area contributed by atoms with Crippen molar-refractivity contribution in [3.05, 3.63) is 22.3 Å². The molecule has 0 aliphatic carbocycles. The van der Waals surface area contributed by atoms with Crippen LogP contribution in [0.4, 0.5) is 5.13 Å². The average Bonchev–Trinajstić information content (AvgIpc) is 3.09. The number of thioether (sulfide) groups is 2. The highest BCUT2D eigenvalue weighted by molar-refractivity contribution is 8.00. The predicted molar refractivity (Wildman–Crippen MR) is 108 cm³/mol. The third kappa shape index (κ3) is 3.69. The molecular weight excluding hydrogens is 426 g/mol. The Balaban J connectivity index is 1.78. The SMILES string of the molecule is CO/N=C(/C(=O)N[C@@H]1C(=O)N2C(C(=O)O)=C(CSC)CS[C@H]12)c1csc(N)n1. The fourth-order valence-electron chi connectivity index (χ4n) is 2.87. The fraction of sp³-hybridized carbons (Fsp3) is 0.400. The Labute approximate surface area is 172 Å². The van der Waals surface area contributed by atoms with Crippen molar-refractivity contribution in [2.75, 3.05) is 30.6 Å². The highest BCUT2D eigenvalue weighted by Gasteiger charge is 2.54. The number of carboxylic acids is 1. The third-order valence-electron chi connectivity index (χ3n) is 4.02. The Bertz CT molecular complexity index is 883. The van der Waals surface area contributed by atoms with Gasteiger partial charge in [0.05, 0.1) is 0 Å². The Kier molecular flexibility index (Phi) is 6.15. The summed E-state index contributed by atoms with van der Waals surface area (Å²) in [6.45, 7) is 0.